The van der Waals surface area contributed by atoms with Crippen LogP contribution in [0.2, 0.25) is 0 Å². The highest BCUT2D eigenvalue weighted by atomic mass is 79.9. The molecule has 23 heavy (non-hydrogen) atoms. The lowest BCUT2D eigenvalue weighted by Gasteiger charge is -2.19. The maximum atomic E-state index is 12.1. The summed E-state index contributed by atoms with van der Waals surface area (Å²) in [6.07, 6.45) is 1.68. The van der Waals surface area contributed by atoms with E-state index in [1.807, 2.05) is 0 Å². The molecule has 0 aliphatic heterocycles. The summed E-state index contributed by atoms with van der Waals surface area (Å²) in [5, 5.41) is 12.5. The van der Waals surface area contributed by atoms with Gasteiger partial charge in [0.05, 0.1) is 12.7 Å². The van der Waals surface area contributed by atoms with Gasteiger partial charge in [-0.05, 0) is 48.0 Å². The van der Waals surface area contributed by atoms with E-state index in [2.05, 4.69) is 26.2 Å². The van der Waals surface area contributed by atoms with Gasteiger partial charge in [0.2, 0.25) is 0 Å². The molecule has 2 aromatic rings. The Morgan fingerprint density at radius 2 is 2.09 bits per heavy atom. The monoisotopic (exact) mass is 382 g/mol. The van der Waals surface area contributed by atoms with Crippen molar-refractivity contribution in [1.82, 2.24) is 4.98 Å². The van der Waals surface area contributed by atoms with Crippen LogP contribution in [0.4, 0.5) is 5.69 Å². The number of nitrogens with one attached hydrogen (secondary N) is 2. The third kappa shape index (κ3) is 5.01. The molecule has 1 heterocycles. The van der Waals surface area contributed by atoms with Crippen molar-refractivity contribution in [3.8, 4) is 11.5 Å². The number of hydrogen-bond donors (Lipinski definition) is 3. The molecular weight excluding hydrogens is 364 g/mol. The molecule has 6 nitrogen and oxygen atoms in total. The second-order valence-electron chi connectivity index (χ2n) is 5.65. The molecule has 1 aromatic carbocycles. The van der Waals surface area contributed by atoms with Crippen LogP contribution in [0.1, 0.15) is 24.3 Å². The van der Waals surface area contributed by atoms with Gasteiger partial charge in [-0.2, -0.15) is 0 Å². The highest BCUT2D eigenvalue weighted by molar-refractivity contribution is 9.10. The molecule has 124 valence electrons. The molecule has 0 saturated heterocycles. The first-order chi connectivity index (χ1) is 10.8. The third-order valence-corrected chi connectivity index (χ3v) is 3.35. The summed E-state index contributed by atoms with van der Waals surface area (Å²) < 4.78 is 11.6. The van der Waals surface area contributed by atoms with Crippen molar-refractivity contribution >= 4 is 27.5 Å². The van der Waals surface area contributed by atoms with Crippen molar-refractivity contribution in [3.05, 3.63) is 40.6 Å². The topological polar surface area (TPSA) is 83.6 Å². The van der Waals surface area contributed by atoms with E-state index in [1.54, 1.807) is 44.3 Å². The maximum absolute atomic E-state index is 12.1. The predicted molar refractivity (Wildman–Crippen MR) is 91.2 cm³/mol. The molecule has 7 heteroatoms. The minimum Gasteiger partial charge on any atom is -0.493 e. The van der Waals surface area contributed by atoms with Gasteiger partial charge >= 0.3 is 0 Å². The lowest BCUT2D eigenvalue weighted by atomic mass is 10.2. The van der Waals surface area contributed by atoms with Gasteiger partial charge in [-0.15, -0.1) is 0 Å². The molecule has 0 fully saturated rings. The third-order valence-electron chi connectivity index (χ3n) is 2.89. The number of halogens is 1. The summed E-state index contributed by atoms with van der Waals surface area (Å²) in [6.45, 7) is 3.44. The highest BCUT2D eigenvalue weighted by Crippen LogP contribution is 2.31. The number of anilines is 1. The van der Waals surface area contributed by atoms with Gasteiger partial charge in [-0.1, -0.05) is 0 Å². The maximum Gasteiger partial charge on any atom is 0.272 e. The summed E-state index contributed by atoms with van der Waals surface area (Å²) in [5.41, 5.74) is 0.0743. The highest BCUT2D eigenvalue weighted by Gasteiger charge is 2.16. The minimum absolute atomic E-state index is 0.131. The molecule has 1 aromatic heterocycles. The Balaban J connectivity index is 2.10. The van der Waals surface area contributed by atoms with Crippen molar-refractivity contribution in [2.75, 3.05) is 19.0 Å². The van der Waals surface area contributed by atoms with Crippen LogP contribution in [0.25, 0.3) is 0 Å². The van der Waals surface area contributed by atoms with Gasteiger partial charge in [-0.3, -0.25) is 4.79 Å². The number of carbonyl (C=O) groups excluding carboxylic acids is 1. The van der Waals surface area contributed by atoms with Crippen LogP contribution < -0.4 is 14.8 Å². The zero-order valence-electron chi connectivity index (χ0n) is 13.1. The van der Waals surface area contributed by atoms with E-state index in [4.69, 9.17) is 9.47 Å². The second-order valence-corrected chi connectivity index (χ2v) is 6.57. The van der Waals surface area contributed by atoms with E-state index in [-0.39, 0.29) is 12.5 Å². The average molecular weight is 383 g/mol. The van der Waals surface area contributed by atoms with E-state index >= 15 is 0 Å². The first-order valence-electron chi connectivity index (χ1n) is 6.97. The Morgan fingerprint density at radius 1 is 1.35 bits per heavy atom. The van der Waals surface area contributed by atoms with Crippen LogP contribution >= 0.6 is 15.9 Å². The molecule has 3 N–H and O–H groups in total. The number of methoxy groups -OCH3 is 1. The van der Waals surface area contributed by atoms with Gasteiger partial charge in [0.1, 0.15) is 12.3 Å². The molecule has 0 aliphatic carbocycles. The Morgan fingerprint density at radius 3 is 2.65 bits per heavy atom. The van der Waals surface area contributed by atoms with E-state index in [0.717, 1.165) is 4.47 Å². The van der Waals surface area contributed by atoms with Crippen LogP contribution in [-0.4, -0.2) is 35.3 Å². The SMILES string of the molecule is COc1cc(NC(=O)c2cc(Br)c[nH]2)ccc1OCC(C)(C)O. The molecule has 0 atom stereocenters. The summed E-state index contributed by atoms with van der Waals surface area (Å²) >= 11 is 3.28. The van der Waals surface area contributed by atoms with Crippen LogP contribution in [0.5, 0.6) is 11.5 Å². The smallest absolute Gasteiger partial charge is 0.272 e. The standard InChI is InChI=1S/C16H19BrN2O4/c1-16(2,21)9-23-13-5-4-11(7-14(13)22-3)19-15(20)12-6-10(17)8-18-12/h4-8,18,21H,9H2,1-3H3,(H,19,20). The van der Waals surface area contributed by atoms with Crippen LogP contribution in [0.3, 0.4) is 0 Å². The molecular formula is C16H19BrN2O4. The van der Waals surface area contributed by atoms with Crippen molar-refractivity contribution in [2.24, 2.45) is 0 Å². The quantitative estimate of drug-likeness (QED) is 0.716. The summed E-state index contributed by atoms with van der Waals surface area (Å²) in [7, 11) is 1.51. The van der Waals surface area contributed by atoms with Gasteiger partial charge in [0.25, 0.3) is 5.91 Å². The van der Waals surface area contributed by atoms with Crippen LogP contribution in [-0.2, 0) is 0 Å². The van der Waals surface area contributed by atoms with Crippen molar-refractivity contribution < 1.29 is 19.4 Å². The van der Waals surface area contributed by atoms with Gasteiger partial charge < -0.3 is 24.9 Å². The molecule has 0 saturated carbocycles. The molecule has 0 unspecified atom stereocenters. The Kier molecular flexibility index (Phi) is 5.33. The number of benzene rings is 1. The van der Waals surface area contributed by atoms with E-state index < -0.39 is 5.60 Å². The molecule has 0 aliphatic rings. The van der Waals surface area contributed by atoms with E-state index in [0.29, 0.717) is 22.9 Å². The molecule has 0 spiro atoms. The van der Waals surface area contributed by atoms with E-state index in [1.165, 1.54) is 7.11 Å². The zero-order chi connectivity index (χ0) is 17.0. The summed E-state index contributed by atoms with van der Waals surface area (Å²) in [6, 6.07) is 6.74. The number of aromatic nitrogens is 1. The largest absolute Gasteiger partial charge is 0.493 e. The van der Waals surface area contributed by atoms with Crippen molar-refractivity contribution in [1.29, 1.82) is 0 Å². The van der Waals surface area contributed by atoms with Crippen LogP contribution in [0, 0.1) is 0 Å². The summed E-state index contributed by atoms with van der Waals surface area (Å²) in [4.78, 5) is 15.0. The molecule has 1 amide bonds. The average Bonchev–Trinajstić information content (AvgIpc) is 2.91. The van der Waals surface area contributed by atoms with Gasteiger partial charge in [-0.25, -0.2) is 0 Å². The fraction of sp³-hybridized carbons (Fsp3) is 0.312. The number of rotatable bonds is 6. The predicted octanol–water partition coefficient (Wildman–Crippen LogP) is 3.19. The number of ether oxygens (including phenoxy) is 2. The minimum atomic E-state index is -0.946. The van der Waals surface area contributed by atoms with Crippen LogP contribution in [0.15, 0.2) is 34.9 Å². The number of H-pyrrole nitrogens is 1. The number of aliphatic hydroxyl groups is 1. The zero-order valence-corrected chi connectivity index (χ0v) is 14.7. The first kappa shape index (κ1) is 17.4. The fourth-order valence-electron chi connectivity index (χ4n) is 1.82. The number of hydrogen-bond acceptors (Lipinski definition) is 4. The Labute approximate surface area is 142 Å². The first-order valence-corrected chi connectivity index (χ1v) is 7.76. The summed E-state index contributed by atoms with van der Waals surface area (Å²) in [5.74, 6) is 0.706. The molecule has 2 rings (SSSR count). The lowest BCUT2D eigenvalue weighted by Crippen LogP contribution is -2.28. The lowest BCUT2D eigenvalue weighted by molar-refractivity contribution is 0.0276. The van der Waals surface area contributed by atoms with Gasteiger partial charge in [0, 0.05) is 22.4 Å². The molecule has 0 radical (unpaired) electrons. The Hall–Kier alpha value is -1.99. The van der Waals surface area contributed by atoms with Crippen molar-refractivity contribution in [2.45, 2.75) is 19.4 Å². The second kappa shape index (κ2) is 7.06. The van der Waals surface area contributed by atoms with Gasteiger partial charge in [0.15, 0.2) is 11.5 Å². The normalized spacial score (nSPS) is 11.2. The number of aromatic amines is 1. The molecule has 0 bridgehead atoms. The number of amides is 1. The Bertz CT molecular complexity index is 692. The van der Waals surface area contributed by atoms with Crippen molar-refractivity contribution in [3.63, 3.8) is 0 Å². The fourth-order valence-corrected chi connectivity index (χ4v) is 2.16. The number of carbonyl (C=O) groups is 1. The van der Waals surface area contributed by atoms with E-state index in [9.17, 15) is 9.90 Å².